The summed E-state index contributed by atoms with van der Waals surface area (Å²) in [5, 5.41) is 10.8. The van der Waals surface area contributed by atoms with Crippen LogP contribution in [-0.4, -0.2) is 36.9 Å². The van der Waals surface area contributed by atoms with Gasteiger partial charge in [0.15, 0.2) is 16.6 Å². The Hall–Kier alpha value is 0.271. The van der Waals surface area contributed by atoms with E-state index in [-0.39, 0.29) is 6.61 Å². The van der Waals surface area contributed by atoms with Crippen LogP contribution in [-0.2, 0) is 8.23 Å². The number of aliphatic hydroxyl groups excluding tert-OH is 1. The third-order valence-electron chi connectivity index (χ3n) is 2.70. The molecule has 0 amide bonds. The van der Waals surface area contributed by atoms with Gasteiger partial charge in [-0.2, -0.15) is 0 Å². The molecule has 0 spiro atoms. The average molecular weight is 335 g/mol. The number of rotatable bonds is 9. The standard InChI is InChI=1S/C14H34O3Si3/c1-9-10-11-12-14(13-15)20(8,16-18(2,3)4)17-19(5,6)7/h12,15H,9-11,13H2,1-8H3/b14-12+. The number of hydrogen-bond acceptors (Lipinski definition) is 3. The Labute approximate surface area is 128 Å². The highest BCUT2D eigenvalue weighted by molar-refractivity contribution is 6.91. The summed E-state index contributed by atoms with van der Waals surface area (Å²) < 4.78 is 12.9. The summed E-state index contributed by atoms with van der Waals surface area (Å²) in [6.45, 7) is 17.5. The Morgan fingerprint density at radius 2 is 1.40 bits per heavy atom. The molecule has 120 valence electrons. The highest BCUT2D eigenvalue weighted by Gasteiger charge is 2.43. The second kappa shape index (κ2) is 8.05. The van der Waals surface area contributed by atoms with E-state index in [1.54, 1.807) is 0 Å². The Balaban J connectivity index is 5.30. The largest absolute Gasteiger partial charge is 0.434 e. The lowest BCUT2D eigenvalue weighted by molar-refractivity contribution is 0.319. The molecule has 0 atom stereocenters. The summed E-state index contributed by atoms with van der Waals surface area (Å²) in [5.74, 6) is 0. The van der Waals surface area contributed by atoms with Crippen molar-refractivity contribution in [1.82, 2.24) is 0 Å². The topological polar surface area (TPSA) is 38.7 Å². The molecule has 0 saturated heterocycles. The van der Waals surface area contributed by atoms with Gasteiger partial charge >= 0.3 is 8.56 Å². The molecule has 0 aliphatic heterocycles. The van der Waals surface area contributed by atoms with Crippen molar-refractivity contribution in [2.75, 3.05) is 6.61 Å². The second-order valence-electron chi connectivity index (χ2n) is 7.40. The molecule has 0 aliphatic carbocycles. The molecule has 0 fully saturated rings. The van der Waals surface area contributed by atoms with Crippen LogP contribution in [0.1, 0.15) is 26.2 Å². The molecule has 0 unspecified atom stereocenters. The van der Waals surface area contributed by atoms with E-state index in [2.05, 4.69) is 58.8 Å². The van der Waals surface area contributed by atoms with Gasteiger partial charge in [0.1, 0.15) is 0 Å². The van der Waals surface area contributed by atoms with Crippen LogP contribution in [0.2, 0.25) is 45.8 Å². The smallest absolute Gasteiger partial charge is 0.346 e. The van der Waals surface area contributed by atoms with Gasteiger partial charge in [0, 0.05) is 0 Å². The van der Waals surface area contributed by atoms with Gasteiger partial charge in [-0.25, -0.2) is 0 Å². The summed E-state index contributed by atoms with van der Waals surface area (Å²) in [4.78, 5) is 0. The van der Waals surface area contributed by atoms with E-state index in [0.29, 0.717) is 0 Å². The van der Waals surface area contributed by atoms with Gasteiger partial charge in [0.25, 0.3) is 0 Å². The fourth-order valence-corrected chi connectivity index (χ4v) is 13.9. The Morgan fingerprint density at radius 3 is 1.70 bits per heavy atom. The molecule has 20 heavy (non-hydrogen) atoms. The van der Waals surface area contributed by atoms with Crippen molar-refractivity contribution >= 4 is 25.2 Å². The summed E-state index contributed by atoms with van der Waals surface area (Å²) >= 11 is 0. The first kappa shape index (κ1) is 20.3. The predicted molar refractivity (Wildman–Crippen MR) is 95.2 cm³/mol. The fraction of sp³-hybridized carbons (Fsp3) is 0.857. The molecule has 0 heterocycles. The van der Waals surface area contributed by atoms with E-state index in [1.807, 2.05) is 0 Å². The molecular weight excluding hydrogens is 300 g/mol. The van der Waals surface area contributed by atoms with E-state index in [9.17, 15) is 5.11 Å². The summed E-state index contributed by atoms with van der Waals surface area (Å²) in [6, 6.07) is 0. The molecule has 1 N–H and O–H groups in total. The van der Waals surface area contributed by atoms with Crippen LogP contribution in [0.4, 0.5) is 0 Å². The highest BCUT2D eigenvalue weighted by Crippen LogP contribution is 2.27. The van der Waals surface area contributed by atoms with Gasteiger partial charge in [-0.1, -0.05) is 25.8 Å². The minimum atomic E-state index is -2.47. The summed E-state index contributed by atoms with van der Waals surface area (Å²) in [5.41, 5.74) is 0. The van der Waals surface area contributed by atoms with Crippen LogP contribution in [0.15, 0.2) is 11.3 Å². The van der Waals surface area contributed by atoms with Crippen molar-refractivity contribution in [3.63, 3.8) is 0 Å². The molecule has 0 aliphatic rings. The van der Waals surface area contributed by atoms with E-state index < -0.39 is 25.2 Å². The molecule has 0 bridgehead atoms. The van der Waals surface area contributed by atoms with Gasteiger partial charge < -0.3 is 13.3 Å². The van der Waals surface area contributed by atoms with Crippen molar-refractivity contribution < 1.29 is 13.3 Å². The maximum absolute atomic E-state index is 9.79. The molecule has 0 aromatic rings. The van der Waals surface area contributed by atoms with Crippen LogP contribution in [0, 0.1) is 0 Å². The van der Waals surface area contributed by atoms with E-state index >= 15 is 0 Å². The zero-order valence-corrected chi connectivity index (χ0v) is 17.7. The molecule has 0 aromatic heterocycles. The fourth-order valence-electron chi connectivity index (χ4n) is 2.19. The van der Waals surface area contributed by atoms with Crippen LogP contribution in [0.25, 0.3) is 0 Å². The third-order valence-corrected chi connectivity index (χ3v) is 12.2. The summed E-state index contributed by atoms with van der Waals surface area (Å²) in [6.07, 6.45) is 5.47. The van der Waals surface area contributed by atoms with Crippen LogP contribution in [0.3, 0.4) is 0 Å². The first-order valence-corrected chi connectivity index (χ1v) is 16.8. The monoisotopic (exact) mass is 334 g/mol. The van der Waals surface area contributed by atoms with E-state index in [0.717, 1.165) is 24.5 Å². The van der Waals surface area contributed by atoms with E-state index in [4.69, 9.17) is 8.23 Å². The van der Waals surface area contributed by atoms with Gasteiger partial charge in [0.2, 0.25) is 0 Å². The molecule has 0 aromatic carbocycles. The Morgan fingerprint density at radius 1 is 0.950 bits per heavy atom. The molecule has 0 rings (SSSR count). The predicted octanol–water partition coefficient (Wildman–Crippen LogP) is 4.41. The number of unbranched alkanes of at least 4 members (excludes halogenated alkanes) is 2. The molecule has 0 radical (unpaired) electrons. The lowest BCUT2D eigenvalue weighted by Gasteiger charge is -2.39. The summed E-state index contributed by atoms with van der Waals surface area (Å²) in [7, 11) is -5.89. The number of hydrogen-bond donors (Lipinski definition) is 1. The number of allylic oxidation sites excluding steroid dienone is 1. The molecule has 6 heteroatoms. The quantitative estimate of drug-likeness (QED) is 0.501. The van der Waals surface area contributed by atoms with Crippen molar-refractivity contribution in [2.24, 2.45) is 0 Å². The maximum atomic E-state index is 9.79. The van der Waals surface area contributed by atoms with Crippen molar-refractivity contribution in [3.8, 4) is 0 Å². The first-order valence-electron chi connectivity index (χ1n) is 7.64. The minimum Gasteiger partial charge on any atom is -0.434 e. The van der Waals surface area contributed by atoms with Crippen molar-refractivity contribution in [2.45, 2.75) is 72.0 Å². The van der Waals surface area contributed by atoms with Crippen molar-refractivity contribution in [1.29, 1.82) is 0 Å². The molecule has 0 saturated carbocycles. The zero-order valence-electron chi connectivity index (χ0n) is 14.7. The lowest BCUT2D eigenvalue weighted by atomic mass is 10.2. The first-order chi connectivity index (χ1) is 8.93. The maximum Gasteiger partial charge on any atom is 0.346 e. The highest BCUT2D eigenvalue weighted by atomic mass is 28.5. The third kappa shape index (κ3) is 8.53. The minimum absolute atomic E-state index is 0.0569. The number of aliphatic hydroxyl groups is 1. The van der Waals surface area contributed by atoms with Crippen molar-refractivity contribution in [3.05, 3.63) is 11.3 Å². The van der Waals surface area contributed by atoms with Gasteiger partial charge in [-0.15, -0.1) is 0 Å². The van der Waals surface area contributed by atoms with Crippen LogP contribution >= 0.6 is 0 Å². The van der Waals surface area contributed by atoms with Crippen LogP contribution in [0.5, 0.6) is 0 Å². The second-order valence-corrected chi connectivity index (χ2v) is 20.0. The molecule has 3 nitrogen and oxygen atoms in total. The molecular formula is C14H34O3Si3. The van der Waals surface area contributed by atoms with E-state index in [1.165, 1.54) is 0 Å². The van der Waals surface area contributed by atoms with Gasteiger partial charge in [-0.3, -0.25) is 0 Å². The zero-order chi connectivity index (χ0) is 16.0. The van der Waals surface area contributed by atoms with Crippen LogP contribution < -0.4 is 0 Å². The Bertz CT molecular complexity index is 301. The Kier molecular flexibility index (Phi) is 8.16. The SMILES string of the molecule is CCCC/C=C(\CO)[Si](C)(O[Si](C)(C)C)O[Si](C)(C)C. The lowest BCUT2D eigenvalue weighted by Crippen LogP contribution is -2.54. The van der Waals surface area contributed by atoms with Gasteiger partial charge in [0.05, 0.1) is 6.61 Å². The van der Waals surface area contributed by atoms with Gasteiger partial charge in [-0.05, 0) is 57.4 Å². The average Bonchev–Trinajstić information content (AvgIpc) is 2.18. The normalized spacial score (nSPS) is 14.8.